The maximum Gasteiger partial charge on any atom is 0.206 e. The number of rotatable bonds is 1. The summed E-state index contributed by atoms with van der Waals surface area (Å²) >= 11 is 6.75. The Hall–Kier alpha value is -0.950. The second kappa shape index (κ2) is 4.28. The topological polar surface area (TPSA) is 64.5 Å². The average molecular weight is 331 g/mol. The van der Waals surface area contributed by atoms with Gasteiger partial charge >= 0.3 is 0 Å². The van der Waals surface area contributed by atoms with Gasteiger partial charge in [0, 0.05) is 21.3 Å². The van der Waals surface area contributed by atoms with Crippen molar-refractivity contribution in [3.8, 4) is 11.4 Å². The van der Waals surface area contributed by atoms with E-state index in [4.69, 9.17) is 0 Å². The summed E-state index contributed by atoms with van der Waals surface area (Å²) in [4.78, 5) is 4.00. The summed E-state index contributed by atoms with van der Waals surface area (Å²) in [5, 5.41) is 15.6. The number of halogens is 2. The van der Waals surface area contributed by atoms with Crippen LogP contribution >= 0.6 is 31.9 Å². The maximum atomic E-state index is 4.00. The summed E-state index contributed by atoms with van der Waals surface area (Å²) in [5.41, 5.74) is 0.796. The summed E-state index contributed by atoms with van der Waals surface area (Å²) in [6.45, 7) is 1.74. The summed E-state index contributed by atoms with van der Waals surface area (Å²) in [5.74, 6) is 1.00. The van der Waals surface area contributed by atoms with E-state index < -0.39 is 0 Å². The van der Waals surface area contributed by atoms with Crippen molar-refractivity contribution >= 4 is 31.9 Å². The van der Waals surface area contributed by atoms with Gasteiger partial charge in [0.2, 0.25) is 5.82 Å². The molecule has 0 aromatic carbocycles. The Bertz CT molecular complexity index is 465. The number of aryl methyl sites for hydroxylation is 1. The van der Waals surface area contributed by atoms with Gasteiger partial charge in [-0.25, -0.2) is 0 Å². The third kappa shape index (κ3) is 2.18. The van der Waals surface area contributed by atoms with E-state index in [-0.39, 0.29) is 0 Å². The fourth-order valence-electron chi connectivity index (χ4n) is 1.00. The lowest BCUT2D eigenvalue weighted by molar-refractivity contribution is 0.815. The first-order chi connectivity index (χ1) is 7.18. The Morgan fingerprint density at radius 1 is 0.933 bits per heavy atom. The first-order valence-electron chi connectivity index (χ1n) is 4.02. The summed E-state index contributed by atoms with van der Waals surface area (Å²) in [7, 11) is 0. The van der Waals surface area contributed by atoms with Gasteiger partial charge in [-0.15, -0.1) is 20.4 Å². The molecule has 0 saturated carbocycles. The molecule has 0 bridgehead atoms. The second-order valence-electron chi connectivity index (χ2n) is 2.75. The lowest BCUT2D eigenvalue weighted by Gasteiger charge is -2.03. The van der Waals surface area contributed by atoms with Crippen molar-refractivity contribution in [3.05, 3.63) is 27.2 Å². The molecule has 0 spiro atoms. The molecule has 76 valence electrons. The van der Waals surface area contributed by atoms with Crippen LogP contribution < -0.4 is 0 Å². The Morgan fingerprint density at radius 3 is 2.00 bits per heavy atom. The molecule has 0 radical (unpaired) electrons. The molecule has 0 amide bonds. The highest BCUT2D eigenvalue weighted by atomic mass is 79.9. The van der Waals surface area contributed by atoms with Crippen molar-refractivity contribution in [2.75, 3.05) is 0 Å². The molecule has 2 aromatic rings. The Balaban J connectivity index is 2.58. The summed E-state index contributed by atoms with van der Waals surface area (Å²) in [6, 6.07) is 0. The monoisotopic (exact) mass is 329 g/mol. The Morgan fingerprint density at radius 2 is 1.47 bits per heavy atom. The fraction of sp³-hybridized carbons (Fsp3) is 0.125. The van der Waals surface area contributed by atoms with Crippen LogP contribution in [0.4, 0.5) is 0 Å². The van der Waals surface area contributed by atoms with E-state index >= 15 is 0 Å². The van der Waals surface area contributed by atoms with Crippen LogP contribution in [0.1, 0.15) is 5.82 Å². The zero-order valence-electron chi connectivity index (χ0n) is 7.65. The highest BCUT2D eigenvalue weighted by Crippen LogP contribution is 2.30. The number of hydrogen-bond acceptors (Lipinski definition) is 5. The quantitative estimate of drug-likeness (QED) is 0.801. The molecule has 0 unspecified atom stereocenters. The molecule has 2 heterocycles. The molecule has 0 N–H and O–H groups in total. The second-order valence-corrected chi connectivity index (χ2v) is 4.46. The van der Waals surface area contributed by atoms with Gasteiger partial charge in [0.05, 0.1) is 5.56 Å². The number of aromatic nitrogens is 5. The van der Waals surface area contributed by atoms with Gasteiger partial charge in [-0.3, -0.25) is 4.98 Å². The van der Waals surface area contributed by atoms with Crippen molar-refractivity contribution in [3.63, 3.8) is 0 Å². The minimum Gasteiger partial charge on any atom is -0.262 e. The van der Waals surface area contributed by atoms with Gasteiger partial charge in [-0.05, 0) is 38.8 Å². The highest BCUT2D eigenvalue weighted by molar-refractivity contribution is 9.11. The predicted octanol–water partition coefficient (Wildman–Crippen LogP) is 2.16. The predicted molar refractivity (Wildman–Crippen MR) is 61.0 cm³/mol. The van der Waals surface area contributed by atoms with E-state index in [1.54, 1.807) is 19.3 Å². The molecular formula is C8H5Br2N5. The Labute approximate surface area is 103 Å². The highest BCUT2D eigenvalue weighted by Gasteiger charge is 2.11. The normalized spacial score (nSPS) is 10.3. The SMILES string of the molecule is Cc1nnc(-c2c(Br)cncc2Br)nn1. The van der Waals surface area contributed by atoms with Crippen LogP contribution in [-0.4, -0.2) is 25.4 Å². The van der Waals surface area contributed by atoms with Crippen LogP contribution in [-0.2, 0) is 0 Å². The smallest absolute Gasteiger partial charge is 0.206 e. The molecular weight excluding hydrogens is 326 g/mol. The van der Waals surface area contributed by atoms with Crippen LogP contribution in [0.15, 0.2) is 21.3 Å². The fourth-order valence-corrected chi connectivity index (χ4v) is 2.29. The van der Waals surface area contributed by atoms with Crippen molar-refractivity contribution in [2.24, 2.45) is 0 Å². The van der Waals surface area contributed by atoms with E-state index in [1.165, 1.54) is 0 Å². The maximum absolute atomic E-state index is 4.00. The third-order valence-corrected chi connectivity index (χ3v) is 2.86. The molecule has 15 heavy (non-hydrogen) atoms. The molecule has 0 atom stereocenters. The molecule has 5 nitrogen and oxygen atoms in total. The number of nitrogens with zero attached hydrogens (tertiary/aromatic N) is 5. The molecule has 0 aliphatic carbocycles. The van der Waals surface area contributed by atoms with Crippen LogP contribution in [0, 0.1) is 6.92 Å². The minimum atomic E-state index is 0.460. The van der Waals surface area contributed by atoms with Gasteiger partial charge < -0.3 is 0 Å². The van der Waals surface area contributed by atoms with Crippen molar-refractivity contribution in [1.29, 1.82) is 0 Å². The minimum absolute atomic E-state index is 0.460. The lowest BCUT2D eigenvalue weighted by Crippen LogP contribution is -1.99. The van der Waals surface area contributed by atoms with Crippen molar-refractivity contribution in [2.45, 2.75) is 6.92 Å². The molecule has 0 aliphatic heterocycles. The Kier molecular flexibility index (Phi) is 3.01. The van der Waals surface area contributed by atoms with Gasteiger partial charge in [-0.1, -0.05) is 0 Å². The molecule has 0 aliphatic rings. The molecule has 0 saturated heterocycles. The van der Waals surface area contributed by atoms with E-state index in [9.17, 15) is 0 Å². The zero-order valence-corrected chi connectivity index (χ0v) is 10.8. The molecule has 2 aromatic heterocycles. The number of pyridine rings is 1. The number of hydrogen-bond donors (Lipinski definition) is 0. The summed E-state index contributed by atoms with van der Waals surface area (Å²) < 4.78 is 1.59. The average Bonchev–Trinajstić information content (AvgIpc) is 2.20. The standard InChI is InChI=1S/C8H5Br2N5/c1-4-12-14-8(15-13-4)7-5(9)2-11-3-6(7)10/h2-3H,1H3. The molecule has 7 heteroatoms. The summed E-state index contributed by atoms with van der Waals surface area (Å²) in [6.07, 6.45) is 3.34. The van der Waals surface area contributed by atoms with Gasteiger partial charge in [0.25, 0.3) is 0 Å². The van der Waals surface area contributed by atoms with Gasteiger partial charge in [0.1, 0.15) is 0 Å². The van der Waals surface area contributed by atoms with Crippen LogP contribution in [0.2, 0.25) is 0 Å². The van der Waals surface area contributed by atoms with Crippen LogP contribution in [0.25, 0.3) is 11.4 Å². The largest absolute Gasteiger partial charge is 0.262 e. The van der Waals surface area contributed by atoms with E-state index in [1.807, 2.05) is 0 Å². The third-order valence-electron chi connectivity index (χ3n) is 1.66. The van der Waals surface area contributed by atoms with Gasteiger partial charge in [0.15, 0.2) is 5.82 Å². The molecule has 2 rings (SSSR count). The lowest BCUT2D eigenvalue weighted by atomic mass is 10.2. The first-order valence-corrected chi connectivity index (χ1v) is 5.60. The van der Waals surface area contributed by atoms with E-state index in [2.05, 4.69) is 57.2 Å². The van der Waals surface area contributed by atoms with Crippen LogP contribution in [0.3, 0.4) is 0 Å². The van der Waals surface area contributed by atoms with Gasteiger partial charge in [-0.2, -0.15) is 0 Å². The molecule has 0 fully saturated rings. The zero-order chi connectivity index (χ0) is 10.8. The van der Waals surface area contributed by atoms with Crippen molar-refractivity contribution < 1.29 is 0 Å². The van der Waals surface area contributed by atoms with E-state index in [0.717, 1.165) is 14.5 Å². The van der Waals surface area contributed by atoms with Crippen molar-refractivity contribution in [1.82, 2.24) is 25.4 Å². The first kappa shape index (κ1) is 10.6. The van der Waals surface area contributed by atoms with E-state index in [0.29, 0.717) is 11.6 Å². The van der Waals surface area contributed by atoms with Crippen LogP contribution in [0.5, 0.6) is 0 Å².